The molecule has 0 spiro atoms. The van der Waals surface area contributed by atoms with Gasteiger partial charge >= 0.3 is 12.1 Å². The van der Waals surface area contributed by atoms with Gasteiger partial charge in [-0.25, -0.2) is 4.79 Å². The molecule has 0 saturated heterocycles. The molecule has 1 aliphatic carbocycles. The van der Waals surface area contributed by atoms with E-state index < -0.39 is 23.0 Å². The number of nitrogens with zero attached hydrogens (tertiary/aromatic N) is 1. The van der Waals surface area contributed by atoms with Crippen molar-refractivity contribution in [1.29, 1.82) is 0 Å². The van der Waals surface area contributed by atoms with Gasteiger partial charge in [-0.15, -0.1) is 0 Å². The molecule has 3 aromatic rings. The number of hydrogen-bond acceptors (Lipinski definition) is 8. The normalized spacial score (nSPS) is 12.6. The maximum absolute atomic E-state index is 12.9. The Hall–Kier alpha value is -4.60. The monoisotopic (exact) mass is 506 g/mol. The van der Waals surface area contributed by atoms with Gasteiger partial charge in [0.15, 0.2) is 11.5 Å². The second-order valence-electron chi connectivity index (χ2n) is 8.33. The molecule has 1 amide bonds. The van der Waals surface area contributed by atoms with Gasteiger partial charge in [0, 0.05) is 5.92 Å². The number of nitro groups is 1. The van der Waals surface area contributed by atoms with Crippen LogP contribution >= 0.6 is 0 Å². The lowest BCUT2D eigenvalue weighted by atomic mass is 9.98. The van der Waals surface area contributed by atoms with E-state index in [1.165, 1.54) is 33.5 Å². The number of nitro benzene ring substituents is 1. The summed E-state index contributed by atoms with van der Waals surface area (Å²) < 4.78 is 20.8. The number of amides is 1. The van der Waals surface area contributed by atoms with Gasteiger partial charge in [-0.3, -0.25) is 14.9 Å². The van der Waals surface area contributed by atoms with Crippen molar-refractivity contribution in [3.63, 3.8) is 0 Å². The number of carbonyl (C=O) groups excluding carboxylic acids is 2. The molecule has 1 atom stereocenters. The summed E-state index contributed by atoms with van der Waals surface area (Å²) in [5.41, 5.74) is 3.93. The number of fused-ring (bicyclic) bond motifs is 3. The van der Waals surface area contributed by atoms with E-state index in [1.54, 1.807) is 0 Å². The van der Waals surface area contributed by atoms with Crippen LogP contribution in [0, 0.1) is 10.1 Å². The van der Waals surface area contributed by atoms with Gasteiger partial charge < -0.3 is 24.3 Å². The molecular formula is C27H26N2O8. The highest BCUT2D eigenvalue weighted by molar-refractivity contribution is 5.79. The number of methoxy groups -OCH3 is 3. The molecule has 0 heterocycles. The third-order valence-corrected chi connectivity index (χ3v) is 6.34. The largest absolute Gasteiger partial charge is 0.493 e. The molecule has 0 bridgehead atoms. The van der Waals surface area contributed by atoms with Crippen LogP contribution in [0.4, 0.5) is 10.5 Å². The summed E-state index contributed by atoms with van der Waals surface area (Å²) in [5.74, 6) is -0.510. The minimum Gasteiger partial charge on any atom is -0.493 e. The molecule has 1 unspecified atom stereocenters. The van der Waals surface area contributed by atoms with Crippen molar-refractivity contribution in [3.8, 4) is 22.6 Å². The summed E-state index contributed by atoms with van der Waals surface area (Å²) in [6.45, 7) is 0.0405. The Morgan fingerprint density at radius 3 is 2.05 bits per heavy atom. The van der Waals surface area contributed by atoms with Crippen LogP contribution in [-0.2, 0) is 14.3 Å². The predicted octanol–water partition coefficient (Wildman–Crippen LogP) is 4.75. The van der Waals surface area contributed by atoms with Gasteiger partial charge in [-0.05, 0) is 28.3 Å². The number of hydrogen-bond donors (Lipinski definition) is 1. The summed E-state index contributed by atoms with van der Waals surface area (Å²) in [5, 5.41) is 14.4. The molecule has 10 heteroatoms. The fraction of sp³-hybridized carbons (Fsp3) is 0.259. The minimum absolute atomic E-state index is 0.0405. The molecule has 4 rings (SSSR count). The molecule has 0 radical (unpaired) electrons. The van der Waals surface area contributed by atoms with E-state index in [2.05, 4.69) is 5.32 Å². The smallest absolute Gasteiger partial charge is 0.407 e. The first kappa shape index (κ1) is 25.5. The molecule has 10 nitrogen and oxygen atoms in total. The number of esters is 1. The number of benzene rings is 3. The van der Waals surface area contributed by atoms with Gasteiger partial charge in [-0.1, -0.05) is 48.5 Å². The number of rotatable bonds is 9. The number of carbonyl (C=O) groups is 2. The van der Waals surface area contributed by atoms with Crippen LogP contribution in [0.1, 0.15) is 35.1 Å². The zero-order chi connectivity index (χ0) is 26.5. The Bertz CT molecular complexity index is 1290. The standard InChI is InChI=1S/C27H26N2O8/c1-34-24-12-20(23(29(32)33)14-25(24)35-2)22(13-26(30)36-3)28-27(31)37-15-21-18-10-6-4-8-16(18)17-9-5-7-11-19(17)21/h4-12,14,21-22H,13,15H2,1-3H3,(H,28,31). The SMILES string of the molecule is COC(=O)CC(NC(=O)OCC1c2ccccc2-c2ccccc21)c1cc(OC)c(OC)cc1[N+](=O)[O-]. The van der Waals surface area contributed by atoms with Crippen LogP contribution in [0.2, 0.25) is 0 Å². The maximum Gasteiger partial charge on any atom is 0.407 e. The highest BCUT2D eigenvalue weighted by atomic mass is 16.6. The van der Waals surface area contributed by atoms with Crippen molar-refractivity contribution < 1.29 is 33.5 Å². The van der Waals surface area contributed by atoms with Crippen molar-refractivity contribution in [2.75, 3.05) is 27.9 Å². The van der Waals surface area contributed by atoms with Gasteiger partial charge in [0.1, 0.15) is 6.61 Å². The topological polar surface area (TPSA) is 126 Å². The van der Waals surface area contributed by atoms with E-state index in [1.807, 2.05) is 48.5 Å². The Morgan fingerprint density at radius 2 is 1.51 bits per heavy atom. The molecular weight excluding hydrogens is 480 g/mol. The summed E-state index contributed by atoms with van der Waals surface area (Å²) in [7, 11) is 3.92. The van der Waals surface area contributed by atoms with E-state index in [0.29, 0.717) is 0 Å². The van der Waals surface area contributed by atoms with Gasteiger partial charge in [0.2, 0.25) is 0 Å². The Labute approximate surface area is 213 Å². The Kier molecular flexibility index (Phi) is 7.57. The Morgan fingerprint density at radius 1 is 0.946 bits per heavy atom. The van der Waals surface area contributed by atoms with Crippen molar-refractivity contribution in [1.82, 2.24) is 5.32 Å². The molecule has 37 heavy (non-hydrogen) atoms. The first-order valence-corrected chi connectivity index (χ1v) is 11.5. The third-order valence-electron chi connectivity index (χ3n) is 6.34. The number of alkyl carbamates (subject to hydrolysis) is 1. The second kappa shape index (κ2) is 11.0. The molecule has 0 aromatic heterocycles. The van der Waals surface area contributed by atoms with Crippen molar-refractivity contribution in [2.45, 2.75) is 18.4 Å². The maximum atomic E-state index is 12.9. The van der Waals surface area contributed by atoms with Crippen molar-refractivity contribution >= 4 is 17.7 Å². The summed E-state index contributed by atoms with van der Waals surface area (Å²) in [6.07, 6.45) is -1.20. The lowest BCUT2D eigenvalue weighted by Gasteiger charge is -2.20. The third kappa shape index (κ3) is 5.18. The average Bonchev–Trinajstić information content (AvgIpc) is 3.24. The van der Waals surface area contributed by atoms with Crippen molar-refractivity contribution in [3.05, 3.63) is 87.5 Å². The van der Waals surface area contributed by atoms with Crippen LogP contribution < -0.4 is 14.8 Å². The van der Waals surface area contributed by atoms with E-state index >= 15 is 0 Å². The molecule has 0 aliphatic heterocycles. The summed E-state index contributed by atoms with van der Waals surface area (Å²) in [6, 6.07) is 17.2. The molecule has 1 N–H and O–H groups in total. The Balaban J connectivity index is 1.59. The van der Waals surface area contributed by atoms with E-state index in [-0.39, 0.29) is 41.7 Å². The lowest BCUT2D eigenvalue weighted by molar-refractivity contribution is -0.385. The molecule has 0 saturated carbocycles. The lowest BCUT2D eigenvalue weighted by Crippen LogP contribution is -2.32. The molecule has 1 aliphatic rings. The average molecular weight is 507 g/mol. The van der Waals surface area contributed by atoms with Crippen LogP contribution in [0.5, 0.6) is 11.5 Å². The van der Waals surface area contributed by atoms with Crippen molar-refractivity contribution in [2.24, 2.45) is 0 Å². The molecule has 192 valence electrons. The van der Waals surface area contributed by atoms with E-state index in [0.717, 1.165) is 22.3 Å². The van der Waals surface area contributed by atoms with Gasteiger partial charge in [-0.2, -0.15) is 0 Å². The summed E-state index contributed by atoms with van der Waals surface area (Å²) in [4.78, 5) is 36.3. The minimum atomic E-state index is -1.12. The van der Waals surface area contributed by atoms with Crippen LogP contribution in [-0.4, -0.2) is 44.9 Å². The van der Waals surface area contributed by atoms with Gasteiger partial charge in [0.05, 0.1) is 50.3 Å². The number of nitrogens with one attached hydrogen (secondary N) is 1. The van der Waals surface area contributed by atoms with Gasteiger partial charge in [0.25, 0.3) is 5.69 Å². The highest BCUT2D eigenvalue weighted by Crippen LogP contribution is 2.44. The van der Waals surface area contributed by atoms with E-state index in [9.17, 15) is 19.7 Å². The first-order chi connectivity index (χ1) is 17.9. The first-order valence-electron chi connectivity index (χ1n) is 11.5. The summed E-state index contributed by atoms with van der Waals surface area (Å²) >= 11 is 0. The fourth-order valence-electron chi connectivity index (χ4n) is 4.59. The quantitative estimate of drug-likeness (QED) is 0.250. The predicted molar refractivity (Wildman–Crippen MR) is 134 cm³/mol. The second-order valence-corrected chi connectivity index (χ2v) is 8.33. The van der Waals surface area contributed by atoms with E-state index in [4.69, 9.17) is 18.9 Å². The zero-order valence-electron chi connectivity index (χ0n) is 20.6. The van der Waals surface area contributed by atoms with Crippen LogP contribution in [0.25, 0.3) is 11.1 Å². The highest BCUT2D eigenvalue weighted by Gasteiger charge is 2.32. The molecule has 0 fully saturated rings. The van der Waals surface area contributed by atoms with Crippen LogP contribution in [0.15, 0.2) is 60.7 Å². The number of ether oxygens (including phenoxy) is 4. The van der Waals surface area contributed by atoms with Crippen LogP contribution in [0.3, 0.4) is 0 Å². The molecule has 3 aromatic carbocycles. The fourth-order valence-corrected chi connectivity index (χ4v) is 4.59. The zero-order valence-corrected chi connectivity index (χ0v) is 20.6.